The normalized spacial score (nSPS) is 13.2. The molecule has 0 heterocycles. The van der Waals surface area contributed by atoms with Gasteiger partial charge in [0.05, 0.1) is 0 Å². The molecule has 0 N–H and O–H groups in total. The van der Waals surface area contributed by atoms with Crippen LogP contribution in [-0.2, 0) is 6.42 Å². The Kier molecular flexibility index (Phi) is 7.77. The lowest BCUT2D eigenvalue weighted by Gasteiger charge is -2.32. The quantitative estimate of drug-likeness (QED) is 0.322. The molecule has 3 aromatic carbocycles. The van der Waals surface area contributed by atoms with Gasteiger partial charge in [-0.05, 0) is 78.6 Å². The van der Waals surface area contributed by atoms with Gasteiger partial charge in [-0.25, -0.2) is 0 Å². The van der Waals surface area contributed by atoms with Crippen LogP contribution in [0.4, 0.5) is 3.89 Å². The maximum atomic E-state index is 17.0. The highest BCUT2D eigenvalue weighted by Gasteiger charge is 2.31. The molecule has 30 heavy (non-hydrogen) atoms. The van der Waals surface area contributed by atoms with Crippen LogP contribution in [-0.4, -0.2) is 0 Å². The van der Waals surface area contributed by atoms with Gasteiger partial charge in [0.2, 0.25) is 0 Å². The van der Waals surface area contributed by atoms with E-state index in [1.165, 1.54) is 31.2 Å². The van der Waals surface area contributed by atoms with Crippen molar-refractivity contribution in [2.75, 3.05) is 0 Å². The van der Waals surface area contributed by atoms with E-state index in [2.05, 4.69) is 26.0 Å². The van der Waals surface area contributed by atoms with Gasteiger partial charge in [-0.1, -0.05) is 87.1 Å². The molecule has 0 bridgehead atoms. The van der Waals surface area contributed by atoms with Crippen LogP contribution in [0.1, 0.15) is 56.2 Å². The number of hydrogen-bond acceptors (Lipinski definition) is 0. The van der Waals surface area contributed by atoms with Gasteiger partial charge >= 0.3 is 0 Å². The zero-order valence-electron chi connectivity index (χ0n) is 18.8. The third-order valence-electron chi connectivity index (χ3n) is 6.01. The van der Waals surface area contributed by atoms with Gasteiger partial charge in [0.25, 0.3) is 0 Å². The van der Waals surface area contributed by atoms with Crippen molar-refractivity contribution in [3.05, 3.63) is 89.5 Å². The van der Waals surface area contributed by atoms with Crippen LogP contribution in [0.15, 0.2) is 87.5 Å². The summed E-state index contributed by atoms with van der Waals surface area (Å²) in [5, 5.41) is 0. The molecule has 0 aliphatic carbocycles. The van der Waals surface area contributed by atoms with Gasteiger partial charge in [0.15, 0.2) is 0 Å². The van der Waals surface area contributed by atoms with E-state index < -0.39 is 10.4 Å². The second-order valence-electron chi connectivity index (χ2n) is 8.43. The van der Waals surface area contributed by atoms with Crippen LogP contribution in [0, 0.1) is 19.8 Å². The van der Waals surface area contributed by atoms with Gasteiger partial charge in [0, 0.05) is 14.7 Å². The van der Waals surface area contributed by atoms with Crippen LogP contribution in [0.3, 0.4) is 0 Å². The van der Waals surface area contributed by atoms with Gasteiger partial charge in [-0.3, -0.25) is 0 Å². The number of aryl methyl sites for hydroxylation is 2. The molecule has 160 valence electrons. The summed E-state index contributed by atoms with van der Waals surface area (Å²) in [6.07, 6.45) is 6.10. The highest BCUT2D eigenvalue weighted by Crippen LogP contribution is 2.69. The average Bonchev–Trinajstić information content (AvgIpc) is 2.77. The van der Waals surface area contributed by atoms with Crippen molar-refractivity contribution in [1.82, 2.24) is 0 Å². The molecule has 0 nitrogen and oxygen atoms in total. The predicted molar refractivity (Wildman–Crippen MR) is 129 cm³/mol. The Morgan fingerprint density at radius 2 is 1.13 bits per heavy atom. The lowest BCUT2D eigenvalue weighted by Crippen LogP contribution is -2.04. The summed E-state index contributed by atoms with van der Waals surface area (Å²) in [7, 11) is -2.77. The van der Waals surface area contributed by atoms with E-state index >= 15 is 3.89 Å². The van der Waals surface area contributed by atoms with Crippen molar-refractivity contribution in [1.29, 1.82) is 0 Å². The number of halogens is 1. The minimum absolute atomic E-state index is 0.715. The first kappa shape index (κ1) is 22.6. The van der Waals surface area contributed by atoms with Gasteiger partial charge < -0.3 is 0 Å². The summed E-state index contributed by atoms with van der Waals surface area (Å²) in [4.78, 5) is 2.30. The molecule has 2 heteroatoms. The molecule has 0 saturated carbocycles. The predicted octanol–water partition coefficient (Wildman–Crippen LogP) is 9.23. The van der Waals surface area contributed by atoms with Gasteiger partial charge in [-0.15, -0.1) is 0 Å². The lowest BCUT2D eigenvalue weighted by molar-refractivity contribution is 0.449. The van der Waals surface area contributed by atoms with Crippen molar-refractivity contribution >= 4 is 10.4 Å². The van der Waals surface area contributed by atoms with Crippen molar-refractivity contribution in [2.24, 2.45) is 5.92 Å². The molecule has 0 amide bonds. The molecular weight excluding hydrogens is 387 g/mol. The van der Waals surface area contributed by atoms with E-state index in [1.807, 2.05) is 74.5 Å². The van der Waals surface area contributed by atoms with Gasteiger partial charge in [-0.2, -0.15) is 3.89 Å². The smallest absolute Gasteiger partial charge is 0.0263 e. The van der Waals surface area contributed by atoms with Crippen molar-refractivity contribution in [2.45, 2.75) is 74.5 Å². The van der Waals surface area contributed by atoms with Crippen molar-refractivity contribution in [3.63, 3.8) is 0 Å². The topological polar surface area (TPSA) is 0 Å². The van der Waals surface area contributed by atoms with E-state index in [-0.39, 0.29) is 0 Å². The fourth-order valence-electron chi connectivity index (χ4n) is 3.95. The number of unbranched alkanes of at least 4 members (excludes halogenated alkanes) is 1. The first-order valence-electron chi connectivity index (χ1n) is 11.2. The molecule has 3 rings (SSSR count). The highest BCUT2D eigenvalue weighted by atomic mass is 32.3. The Morgan fingerprint density at radius 3 is 1.53 bits per heavy atom. The van der Waals surface area contributed by atoms with Crippen LogP contribution in [0.2, 0.25) is 0 Å². The van der Waals surface area contributed by atoms with Crippen molar-refractivity contribution < 1.29 is 3.89 Å². The highest BCUT2D eigenvalue weighted by molar-refractivity contribution is 8.29. The van der Waals surface area contributed by atoms with Crippen LogP contribution >= 0.6 is 10.4 Å². The molecule has 1 unspecified atom stereocenters. The zero-order chi connectivity index (χ0) is 21.6. The summed E-state index contributed by atoms with van der Waals surface area (Å²) in [6, 6.07) is 24.2. The molecule has 0 aliphatic heterocycles. The third kappa shape index (κ3) is 5.16. The largest absolute Gasteiger partial charge is 0.175 e. The standard InChI is InChI=1S/C28H35FS/c1-5-7-8-24(6-2)21-25-13-19-28(20-14-25)30(29,26-15-9-22(3)10-16-26)27-17-11-23(4)12-18-27/h9-20,24H,5-8,21H2,1-4H3. The van der Waals surface area contributed by atoms with Crippen molar-refractivity contribution in [3.8, 4) is 0 Å². The Morgan fingerprint density at radius 1 is 0.700 bits per heavy atom. The Bertz CT molecular complexity index is 865. The molecule has 0 spiro atoms. The second-order valence-corrected chi connectivity index (χ2v) is 10.9. The summed E-state index contributed by atoms with van der Waals surface area (Å²) in [6.45, 7) is 8.62. The second kappa shape index (κ2) is 10.3. The molecule has 0 saturated heterocycles. The Balaban J connectivity index is 1.96. The van der Waals surface area contributed by atoms with Crippen LogP contribution in [0.25, 0.3) is 0 Å². The fraction of sp³-hybridized carbons (Fsp3) is 0.357. The maximum Gasteiger partial charge on any atom is 0.0263 e. The molecule has 3 aromatic rings. The molecule has 1 atom stereocenters. The van der Waals surface area contributed by atoms with E-state index in [0.717, 1.165) is 32.2 Å². The summed E-state index contributed by atoms with van der Waals surface area (Å²) in [5.74, 6) is 0.715. The summed E-state index contributed by atoms with van der Waals surface area (Å²) in [5.41, 5.74) is 3.62. The lowest BCUT2D eigenvalue weighted by atomic mass is 9.92. The number of rotatable bonds is 9. The van der Waals surface area contributed by atoms with Gasteiger partial charge in [0.1, 0.15) is 0 Å². The summed E-state index contributed by atoms with van der Waals surface area (Å²) < 4.78 is 17.0. The minimum Gasteiger partial charge on any atom is -0.175 e. The summed E-state index contributed by atoms with van der Waals surface area (Å²) >= 11 is 0. The molecule has 0 fully saturated rings. The molecular formula is C28H35FS. The SMILES string of the molecule is CCCCC(CC)Cc1ccc(S(F)(c2ccc(C)cc2)c2ccc(C)cc2)cc1. The average molecular weight is 423 g/mol. The third-order valence-corrected chi connectivity index (χ3v) is 8.77. The number of benzene rings is 3. The fourth-order valence-corrected chi connectivity index (χ4v) is 6.30. The molecule has 0 aromatic heterocycles. The van der Waals surface area contributed by atoms with E-state index in [9.17, 15) is 0 Å². The number of hydrogen-bond donors (Lipinski definition) is 0. The molecule has 0 radical (unpaired) electrons. The monoisotopic (exact) mass is 422 g/mol. The Hall–Kier alpha value is -2.06. The zero-order valence-corrected chi connectivity index (χ0v) is 19.6. The minimum atomic E-state index is -2.77. The van der Waals surface area contributed by atoms with Crippen LogP contribution < -0.4 is 0 Å². The molecule has 0 aliphatic rings. The van der Waals surface area contributed by atoms with E-state index in [0.29, 0.717) is 5.92 Å². The first-order valence-corrected chi connectivity index (χ1v) is 12.8. The van der Waals surface area contributed by atoms with E-state index in [1.54, 1.807) is 0 Å². The first-order chi connectivity index (χ1) is 14.5. The maximum absolute atomic E-state index is 17.0. The Labute approximate surface area is 184 Å². The van der Waals surface area contributed by atoms with Crippen LogP contribution in [0.5, 0.6) is 0 Å². The van der Waals surface area contributed by atoms with E-state index in [4.69, 9.17) is 0 Å².